The number of para-hydroxylation sites is 2. The Morgan fingerprint density at radius 1 is 1.19 bits per heavy atom. The summed E-state index contributed by atoms with van der Waals surface area (Å²) in [7, 11) is 0. The monoisotopic (exact) mass is 367 g/mol. The van der Waals surface area contributed by atoms with E-state index in [4.69, 9.17) is 9.47 Å². The van der Waals surface area contributed by atoms with Gasteiger partial charge >= 0.3 is 5.97 Å². The van der Waals surface area contributed by atoms with Gasteiger partial charge in [-0.05, 0) is 36.4 Å². The lowest BCUT2D eigenvalue weighted by atomic mass is 10.2. The van der Waals surface area contributed by atoms with Gasteiger partial charge in [0.15, 0.2) is 18.2 Å². The molecule has 0 aliphatic carbocycles. The number of fused-ring (bicyclic) bond motifs is 1. The van der Waals surface area contributed by atoms with E-state index in [0.29, 0.717) is 16.8 Å². The molecule has 3 rings (SSSR count). The fourth-order valence-electron chi connectivity index (χ4n) is 2.26. The molecular weight excluding hydrogens is 353 g/mol. The van der Waals surface area contributed by atoms with Gasteiger partial charge in [-0.25, -0.2) is 14.2 Å². The number of esters is 1. The van der Waals surface area contributed by atoms with Gasteiger partial charge in [-0.3, -0.25) is 0 Å². The van der Waals surface area contributed by atoms with Crippen molar-refractivity contribution in [2.45, 2.75) is 0 Å². The number of nitrogens with zero attached hydrogens (tertiary/aromatic N) is 2. The SMILES string of the molecule is N#C/C(=C(/O)COC(=O)COc1ccc(F)cc1)c1nc2ccccc2[nH]1. The van der Waals surface area contributed by atoms with Gasteiger partial charge in [0.25, 0.3) is 0 Å². The molecule has 0 aliphatic heterocycles. The fraction of sp³-hybridized carbons (Fsp3) is 0.105. The van der Waals surface area contributed by atoms with Crippen molar-refractivity contribution in [1.29, 1.82) is 5.26 Å². The molecule has 0 atom stereocenters. The number of H-pyrrole nitrogens is 1. The molecule has 27 heavy (non-hydrogen) atoms. The third kappa shape index (κ3) is 4.41. The van der Waals surface area contributed by atoms with Crippen LogP contribution < -0.4 is 4.74 Å². The van der Waals surface area contributed by atoms with Crippen molar-refractivity contribution in [3.05, 3.63) is 65.9 Å². The third-order valence-electron chi connectivity index (χ3n) is 3.57. The number of ether oxygens (including phenoxy) is 2. The highest BCUT2D eigenvalue weighted by atomic mass is 19.1. The second-order valence-electron chi connectivity index (χ2n) is 5.44. The van der Waals surface area contributed by atoms with E-state index in [0.717, 1.165) is 0 Å². The molecule has 0 unspecified atom stereocenters. The summed E-state index contributed by atoms with van der Waals surface area (Å²) in [5, 5.41) is 19.4. The van der Waals surface area contributed by atoms with E-state index in [2.05, 4.69) is 9.97 Å². The summed E-state index contributed by atoms with van der Waals surface area (Å²) in [4.78, 5) is 18.9. The highest BCUT2D eigenvalue weighted by molar-refractivity contribution is 5.83. The maximum absolute atomic E-state index is 12.8. The summed E-state index contributed by atoms with van der Waals surface area (Å²) in [6, 6.07) is 14.1. The molecule has 2 aromatic carbocycles. The molecule has 0 aliphatic rings. The van der Waals surface area contributed by atoms with Crippen molar-refractivity contribution < 1.29 is 23.8 Å². The number of carbonyl (C=O) groups is 1. The largest absolute Gasteiger partial charge is 0.507 e. The second-order valence-corrected chi connectivity index (χ2v) is 5.44. The molecule has 7 nitrogen and oxygen atoms in total. The van der Waals surface area contributed by atoms with E-state index in [9.17, 15) is 19.6 Å². The Hall–Kier alpha value is -3.86. The highest BCUT2D eigenvalue weighted by Gasteiger charge is 2.15. The molecule has 0 amide bonds. The molecule has 136 valence electrons. The zero-order valence-electron chi connectivity index (χ0n) is 14.0. The number of hydrogen-bond donors (Lipinski definition) is 2. The third-order valence-corrected chi connectivity index (χ3v) is 3.57. The first-order valence-corrected chi connectivity index (χ1v) is 7.88. The minimum atomic E-state index is -0.757. The van der Waals surface area contributed by atoms with Crippen LogP contribution in [0.25, 0.3) is 16.6 Å². The highest BCUT2D eigenvalue weighted by Crippen LogP contribution is 2.18. The molecule has 0 bridgehead atoms. The minimum absolute atomic E-state index is 0.126. The second kappa shape index (κ2) is 8.01. The maximum atomic E-state index is 12.8. The molecule has 1 aromatic heterocycles. The Morgan fingerprint density at radius 2 is 1.93 bits per heavy atom. The average Bonchev–Trinajstić information content (AvgIpc) is 3.10. The van der Waals surface area contributed by atoms with Crippen LogP contribution in [0.15, 0.2) is 54.3 Å². The molecule has 0 spiro atoms. The van der Waals surface area contributed by atoms with E-state index in [-0.39, 0.29) is 11.4 Å². The number of carbonyl (C=O) groups excluding carboxylic acids is 1. The lowest BCUT2D eigenvalue weighted by Gasteiger charge is -2.07. The first-order chi connectivity index (χ1) is 13.1. The summed E-state index contributed by atoms with van der Waals surface area (Å²) in [5.74, 6) is -1.14. The van der Waals surface area contributed by atoms with Crippen LogP contribution in [0.3, 0.4) is 0 Å². The number of aliphatic hydroxyl groups excluding tert-OH is 1. The summed E-state index contributed by atoms with van der Waals surface area (Å²) in [6.45, 7) is -0.934. The van der Waals surface area contributed by atoms with Crippen LogP contribution in [0.5, 0.6) is 5.75 Å². The Morgan fingerprint density at radius 3 is 2.63 bits per heavy atom. The van der Waals surface area contributed by atoms with Gasteiger partial charge in [-0.2, -0.15) is 5.26 Å². The summed E-state index contributed by atoms with van der Waals surface area (Å²) in [5.41, 5.74) is 1.22. The zero-order valence-corrected chi connectivity index (χ0v) is 14.0. The van der Waals surface area contributed by atoms with Crippen molar-refractivity contribution in [1.82, 2.24) is 9.97 Å². The van der Waals surface area contributed by atoms with Crippen LogP contribution in [-0.2, 0) is 9.53 Å². The zero-order chi connectivity index (χ0) is 19.2. The molecule has 0 saturated carbocycles. The van der Waals surface area contributed by atoms with Crippen molar-refractivity contribution in [3.8, 4) is 11.8 Å². The van der Waals surface area contributed by atoms with Crippen molar-refractivity contribution in [3.63, 3.8) is 0 Å². The summed E-state index contributed by atoms with van der Waals surface area (Å²) >= 11 is 0. The van der Waals surface area contributed by atoms with Crippen molar-refractivity contribution >= 4 is 22.6 Å². The van der Waals surface area contributed by atoms with Gasteiger partial charge in [0.05, 0.1) is 11.0 Å². The van der Waals surface area contributed by atoms with Crippen molar-refractivity contribution in [2.24, 2.45) is 0 Å². The number of allylic oxidation sites excluding steroid dienone is 1. The molecule has 2 N–H and O–H groups in total. The lowest BCUT2D eigenvalue weighted by Crippen LogP contribution is -2.16. The number of hydrogen-bond acceptors (Lipinski definition) is 6. The molecular formula is C19H14FN3O4. The normalized spacial score (nSPS) is 11.6. The number of aromatic amines is 1. The van der Waals surface area contributed by atoms with Gasteiger partial charge < -0.3 is 19.6 Å². The fourth-order valence-corrected chi connectivity index (χ4v) is 2.26. The average molecular weight is 367 g/mol. The number of nitrogens with one attached hydrogen (secondary N) is 1. The molecule has 0 radical (unpaired) electrons. The Labute approximate surface area is 153 Å². The summed E-state index contributed by atoms with van der Waals surface area (Å²) in [6.07, 6.45) is 0. The first-order valence-electron chi connectivity index (χ1n) is 7.88. The van der Waals surface area contributed by atoms with Crippen LogP contribution in [0.4, 0.5) is 4.39 Å². The molecule has 3 aromatic rings. The number of rotatable bonds is 6. The number of aliphatic hydroxyl groups is 1. The van der Waals surface area contributed by atoms with Gasteiger partial charge in [-0.15, -0.1) is 0 Å². The Balaban J connectivity index is 1.61. The van der Waals surface area contributed by atoms with Gasteiger partial charge in [0, 0.05) is 0 Å². The lowest BCUT2D eigenvalue weighted by molar-refractivity contribution is -0.145. The Kier molecular flexibility index (Phi) is 5.33. The summed E-state index contributed by atoms with van der Waals surface area (Å²) < 4.78 is 22.8. The van der Waals surface area contributed by atoms with E-state index >= 15 is 0 Å². The van der Waals surface area contributed by atoms with E-state index in [1.54, 1.807) is 18.2 Å². The van der Waals surface area contributed by atoms with Crippen LogP contribution in [0, 0.1) is 17.1 Å². The predicted molar refractivity (Wildman–Crippen MR) is 94.1 cm³/mol. The molecule has 0 saturated heterocycles. The van der Waals surface area contributed by atoms with Gasteiger partial charge in [0.2, 0.25) is 0 Å². The minimum Gasteiger partial charge on any atom is -0.507 e. The molecule has 0 fully saturated rings. The predicted octanol–water partition coefficient (Wildman–Crippen LogP) is 3.12. The van der Waals surface area contributed by atoms with Gasteiger partial charge in [0.1, 0.15) is 29.8 Å². The Bertz CT molecular complexity index is 1000. The quantitative estimate of drug-likeness (QED) is 0.394. The number of nitriles is 1. The van der Waals surface area contributed by atoms with E-state index in [1.807, 2.05) is 12.1 Å². The number of aromatic nitrogens is 2. The smallest absolute Gasteiger partial charge is 0.344 e. The van der Waals surface area contributed by atoms with E-state index < -0.39 is 30.8 Å². The topological polar surface area (TPSA) is 108 Å². The molecule has 8 heteroatoms. The standard InChI is InChI=1S/C19H14FN3O4/c20-12-5-7-13(8-6-12)26-11-18(25)27-10-17(24)14(9-21)19-22-15-3-1-2-4-16(15)23-19/h1-8,24H,10-11H2,(H,22,23)/b17-14-. The first kappa shape index (κ1) is 17.9. The number of benzene rings is 2. The molecule has 1 heterocycles. The number of imidazole rings is 1. The maximum Gasteiger partial charge on any atom is 0.344 e. The number of halogens is 1. The van der Waals surface area contributed by atoms with Crippen LogP contribution in [-0.4, -0.2) is 34.3 Å². The van der Waals surface area contributed by atoms with Crippen LogP contribution in [0.2, 0.25) is 0 Å². The van der Waals surface area contributed by atoms with Crippen LogP contribution in [0.1, 0.15) is 5.82 Å². The van der Waals surface area contributed by atoms with Crippen molar-refractivity contribution in [2.75, 3.05) is 13.2 Å². The van der Waals surface area contributed by atoms with E-state index in [1.165, 1.54) is 24.3 Å². The van der Waals surface area contributed by atoms with Crippen LogP contribution >= 0.6 is 0 Å². The van der Waals surface area contributed by atoms with Gasteiger partial charge in [-0.1, -0.05) is 12.1 Å².